The summed E-state index contributed by atoms with van der Waals surface area (Å²) in [4.78, 5) is 11.0. The SMILES string of the molecule is CC(Cn1ccc2ccc(C#N)cc21)C(N)=O. The molecule has 0 saturated carbocycles. The smallest absolute Gasteiger partial charge is 0.222 e. The molecule has 1 heterocycles. The number of nitrogens with zero attached hydrogens (tertiary/aromatic N) is 2. The first-order valence-electron chi connectivity index (χ1n) is 5.40. The second-order valence-electron chi connectivity index (χ2n) is 4.16. The largest absolute Gasteiger partial charge is 0.369 e. The topological polar surface area (TPSA) is 71.8 Å². The number of aromatic nitrogens is 1. The molecule has 0 fully saturated rings. The van der Waals surface area contributed by atoms with Crippen LogP contribution in [0.5, 0.6) is 0 Å². The van der Waals surface area contributed by atoms with Gasteiger partial charge in [-0.15, -0.1) is 0 Å². The molecule has 0 radical (unpaired) electrons. The molecule has 1 aromatic carbocycles. The van der Waals surface area contributed by atoms with Gasteiger partial charge in [-0.3, -0.25) is 4.79 Å². The van der Waals surface area contributed by atoms with Gasteiger partial charge in [0.1, 0.15) is 0 Å². The molecule has 0 aliphatic carbocycles. The fourth-order valence-corrected chi connectivity index (χ4v) is 1.80. The summed E-state index contributed by atoms with van der Waals surface area (Å²) in [5.74, 6) is -0.542. The molecule has 4 nitrogen and oxygen atoms in total. The van der Waals surface area contributed by atoms with Crippen LogP contribution >= 0.6 is 0 Å². The molecular formula is C13H13N3O. The number of primary amides is 1. The molecule has 4 heteroatoms. The van der Waals surface area contributed by atoms with Gasteiger partial charge in [0.15, 0.2) is 0 Å². The molecule has 1 unspecified atom stereocenters. The number of benzene rings is 1. The molecular weight excluding hydrogens is 214 g/mol. The first kappa shape index (κ1) is 11.2. The first-order chi connectivity index (χ1) is 8.11. The summed E-state index contributed by atoms with van der Waals surface area (Å²) in [6, 6.07) is 9.58. The molecule has 0 spiro atoms. The number of carbonyl (C=O) groups excluding carboxylic acids is 1. The minimum atomic E-state index is -0.316. The molecule has 0 aliphatic heterocycles. The quantitative estimate of drug-likeness (QED) is 0.865. The summed E-state index contributed by atoms with van der Waals surface area (Å²) in [5, 5.41) is 9.92. The Hall–Kier alpha value is -2.28. The van der Waals surface area contributed by atoms with Crippen LogP contribution in [-0.4, -0.2) is 10.5 Å². The molecule has 17 heavy (non-hydrogen) atoms. The molecule has 0 saturated heterocycles. The van der Waals surface area contributed by atoms with Crippen LogP contribution < -0.4 is 5.73 Å². The number of nitrogens with two attached hydrogens (primary N) is 1. The minimum Gasteiger partial charge on any atom is -0.369 e. The lowest BCUT2D eigenvalue weighted by atomic mass is 10.1. The third kappa shape index (κ3) is 2.13. The van der Waals surface area contributed by atoms with E-state index in [-0.39, 0.29) is 11.8 Å². The fourth-order valence-electron chi connectivity index (χ4n) is 1.80. The van der Waals surface area contributed by atoms with Crippen molar-refractivity contribution in [2.24, 2.45) is 11.7 Å². The number of rotatable bonds is 3. The third-order valence-corrected chi connectivity index (χ3v) is 2.86. The lowest BCUT2D eigenvalue weighted by Gasteiger charge is -2.09. The number of amides is 1. The van der Waals surface area contributed by atoms with Crippen LogP contribution in [0.15, 0.2) is 30.5 Å². The number of hydrogen-bond acceptors (Lipinski definition) is 2. The van der Waals surface area contributed by atoms with Crippen molar-refractivity contribution in [1.29, 1.82) is 5.26 Å². The zero-order chi connectivity index (χ0) is 12.4. The zero-order valence-electron chi connectivity index (χ0n) is 9.55. The Morgan fingerprint density at radius 1 is 1.53 bits per heavy atom. The highest BCUT2D eigenvalue weighted by molar-refractivity contribution is 5.82. The lowest BCUT2D eigenvalue weighted by Crippen LogP contribution is -2.24. The van der Waals surface area contributed by atoms with Gasteiger partial charge in [0.2, 0.25) is 5.91 Å². The Labute approximate surface area is 99.3 Å². The fraction of sp³-hybridized carbons (Fsp3) is 0.231. The summed E-state index contributed by atoms with van der Waals surface area (Å²) in [6.07, 6.45) is 1.91. The summed E-state index contributed by atoms with van der Waals surface area (Å²) in [7, 11) is 0. The number of carbonyl (C=O) groups is 1. The molecule has 2 aromatic rings. The van der Waals surface area contributed by atoms with E-state index in [1.54, 1.807) is 13.0 Å². The highest BCUT2D eigenvalue weighted by atomic mass is 16.1. The van der Waals surface area contributed by atoms with E-state index in [9.17, 15) is 4.79 Å². The van der Waals surface area contributed by atoms with Crippen molar-refractivity contribution in [3.8, 4) is 6.07 Å². The van der Waals surface area contributed by atoms with Gasteiger partial charge < -0.3 is 10.3 Å². The normalized spacial score (nSPS) is 12.2. The molecule has 2 N–H and O–H groups in total. The van der Waals surface area contributed by atoms with Crippen LogP contribution in [0.1, 0.15) is 12.5 Å². The monoisotopic (exact) mass is 227 g/mol. The molecule has 1 amide bonds. The zero-order valence-corrected chi connectivity index (χ0v) is 9.55. The predicted octanol–water partition coefficient (Wildman–Crippen LogP) is 1.63. The average Bonchev–Trinajstić information content (AvgIpc) is 2.71. The van der Waals surface area contributed by atoms with Gasteiger partial charge in [0, 0.05) is 18.3 Å². The Bertz CT molecular complexity index is 607. The summed E-state index contributed by atoms with van der Waals surface area (Å²) in [5.41, 5.74) is 6.82. The summed E-state index contributed by atoms with van der Waals surface area (Å²) in [6.45, 7) is 2.33. The van der Waals surface area contributed by atoms with Crippen LogP contribution in [0.4, 0.5) is 0 Å². The average molecular weight is 227 g/mol. The highest BCUT2D eigenvalue weighted by Crippen LogP contribution is 2.18. The molecule has 0 bridgehead atoms. The summed E-state index contributed by atoms with van der Waals surface area (Å²) >= 11 is 0. The van der Waals surface area contributed by atoms with Gasteiger partial charge in [0.25, 0.3) is 0 Å². The van der Waals surface area contributed by atoms with Gasteiger partial charge in [-0.2, -0.15) is 5.26 Å². The molecule has 1 atom stereocenters. The second-order valence-corrected chi connectivity index (χ2v) is 4.16. The summed E-state index contributed by atoms with van der Waals surface area (Å²) < 4.78 is 1.95. The van der Waals surface area contributed by atoms with Crippen LogP contribution in [-0.2, 0) is 11.3 Å². The Balaban J connectivity index is 2.41. The van der Waals surface area contributed by atoms with Crippen LogP contribution in [0.3, 0.4) is 0 Å². The van der Waals surface area contributed by atoms with Crippen molar-refractivity contribution >= 4 is 16.8 Å². The van der Waals surface area contributed by atoms with E-state index in [0.717, 1.165) is 10.9 Å². The lowest BCUT2D eigenvalue weighted by molar-refractivity contribution is -0.121. The predicted molar refractivity (Wildman–Crippen MR) is 65.0 cm³/mol. The maximum atomic E-state index is 11.0. The molecule has 2 rings (SSSR count). The standard InChI is InChI=1S/C13H13N3O/c1-9(13(15)17)8-16-5-4-11-3-2-10(7-14)6-12(11)16/h2-6,9H,8H2,1H3,(H2,15,17). The van der Waals surface area contributed by atoms with Crippen molar-refractivity contribution in [2.75, 3.05) is 0 Å². The first-order valence-corrected chi connectivity index (χ1v) is 5.40. The van der Waals surface area contributed by atoms with Crippen LogP contribution in [0.2, 0.25) is 0 Å². The van der Waals surface area contributed by atoms with E-state index < -0.39 is 0 Å². The molecule has 0 aliphatic rings. The van der Waals surface area contributed by atoms with Gasteiger partial charge >= 0.3 is 0 Å². The van der Waals surface area contributed by atoms with Crippen LogP contribution in [0, 0.1) is 17.2 Å². The second kappa shape index (κ2) is 4.30. The van der Waals surface area contributed by atoms with E-state index in [1.807, 2.05) is 29.0 Å². The molecule has 1 aromatic heterocycles. The van der Waals surface area contributed by atoms with Gasteiger partial charge in [-0.25, -0.2) is 0 Å². The van der Waals surface area contributed by atoms with E-state index in [0.29, 0.717) is 12.1 Å². The van der Waals surface area contributed by atoms with E-state index in [4.69, 9.17) is 11.0 Å². The highest BCUT2D eigenvalue weighted by Gasteiger charge is 2.11. The number of nitriles is 1. The van der Waals surface area contributed by atoms with Gasteiger partial charge in [-0.1, -0.05) is 13.0 Å². The van der Waals surface area contributed by atoms with Gasteiger partial charge in [0.05, 0.1) is 17.6 Å². The van der Waals surface area contributed by atoms with Gasteiger partial charge in [-0.05, 0) is 23.6 Å². The Morgan fingerprint density at radius 3 is 2.94 bits per heavy atom. The van der Waals surface area contributed by atoms with E-state index in [2.05, 4.69) is 6.07 Å². The van der Waals surface area contributed by atoms with E-state index >= 15 is 0 Å². The number of hydrogen-bond donors (Lipinski definition) is 1. The maximum Gasteiger partial charge on any atom is 0.222 e. The van der Waals surface area contributed by atoms with Crippen molar-refractivity contribution in [3.63, 3.8) is 0 Å². The number of fused-ring (bicyclic) bond motifs is 1. The van der Waals surface area contributed by atoms with Crippen LogP contribution in [0.25, 0.3) is 10.9 Å². The van der Waals surface area contributed by atoms with E-state index in [1.165, 1.54) is 0 Å². The van der Waals surface area contributed by atoms with Crippen molar-refractivity contribution in [1.82, 2.24) is 4.57 Å². The molecule has 86 valence electrons. The maximum absolute atomic E-state index is 11.0. The minimum absolute atomic E-state index is 0.226. The van der Waals surface area contributed by atoms with Crippen molar-refractivity contribution in [2.45, 2.75) is 13.5 Å². The Kier molecular flexibility index (Phi) is 2.84. The van der Waals surface area contributed by atoms with Crippen molar-refractivity contribution < 1.29 is 4.79 Å². The Morgan fingerprint density at radius 2 is 2.29 bits per heavy atom. The van der Waals surface area contributed by atoms with Crippen molar-refractivity contribution in [3.05, 3.63) is 36.0 Å². The third-order valence-electron chi connectivity index (χ3n) is 2.86.